The van der Waals surface area contributed by atoms with Gasteiger partial charge in [-0.25, -0.2) is 0 Å². The summed E-state index contributed by atoms with van der Waals surface area (Å²) in [6, 6.07) is 4.05. The molecule has 24 heavy (non-hydrogen) atoms. The molecule has 6 heteroatoms. The van der Waals surface area contributed by atoms with Crippen LogP contribution in [0.5, 0.6) is 17.2 Å². The van der Waals surface area contributed by atoms with Crippen molar-refractivity contribution in [2.75, 3.05) is 53.2 Å². The zero-order valence-electron chi connectivity index (χ0n) is 14.9. The zero-order chi connectivity index (χ0) is 17.0. The molecule has 6 nitrogen and oxygen atoms in total. The van der Waals surface area contributed by atoms with Crippen LogP contribution in [-0.2, 0) is 11.3 Å². The largest absolute Gasteiger partial charge is 0.493 e. The van der Waals surface area contributed by atoms with Gasteiger partial charge in [0.15, 0.2) is 11.5 Å². The van der Waals surface area contributed by atoms with Gasteiger partial charge in [-0.15, -0.1) is 0 Å². The van der Waals surface area contributed by atoms with E-state index < -0.39 is 0 Å². The SMILES string of the molecule is COc1cc(CNCC(C)(C)N2CCOCC2)cc2c1OCCO2. The monoisotopic (exact) mass is 336 g/mol. The van der Waals surface area contributed by atoms with Crippen LogP contribution in [0.2, 0.25) is 0 Å². The molecule has 0 radical (unpaired) electrons. The highest BCUT2D eigenvalue weighted by atomic mass is 16.6. The predicted molar refractivity (Wildman–Crippen MR) is 92.2 cm³/mol. The van der Waals surface area contributed by atoms with E-state index in [0.29, 0.717) is 19.0 Å². The molecule has 1 aromatic rings. The summed E-state index contributed by atoms with van der Waals surface area (Å²) in [6.07, 6.45) is 0. The molecule has 1 N–H and O–H groups in total. The number of fused-ring (bicyclic) bond motifs is 1. The highest BCUT2D eigenvalue weighted by Crippen LogP contribution is 2.40. The summed E-state index contributed by atoms with van der Waals surface area (Å²) >= 11 is 0. The molecular weight excluding hydrogens is 308 g/mol. The molecule has 3 rings (SSSR count). The fraction of sp³-hybridized carbons (Fsp3) is 0.667. The molecule has 0 atom stereocenters. The maximum atomic E-state index is 5.69. The van der Waals surface area contributed by atoms with Crippen molar-refractivity contribution in [1.29, 1.82) is 0 Å². The number of benzene rings is 1. The van der Waals surface area contributed by atoms with Crippen LogP contribution in [-0.4, -0.2) is 63.6 Å². The average Bonchev–Trinajstić information content (AvgIpc) is 2.61. The van der Waals surface area contributed by atoms with Gasteiger partial charge in [0, 0.05) is 31.7 Å². The van der Waals surface area contributed by atoms with Gasteiger partial charge in [-0.05, 0) is 31.5 Å². The molecule has 0 aliphatic carbocycles. The van der Waals surface area contributed by atoms with E-state index >= 15 is 0 Å². The first kappa shape index (κ1) is 17.3. The lowest BCUT2D eigenvalue weighted by atomic mass is 10.0. The van der Waals surface area contributed by atoms with E-state index in [-0.39, 0.29) is 5.54 Å². The Morgan fingerprint density at radius 1 is 1.12 bits per heavy atom. The summed E-state index contributed by atoms with van der Waals surface area (Å²) in [5, 5.41) is 3.56. The van der Waals surface area contributed by atoms with Crippen LogP contribution in [0.3, 0.4) is 0 Å². The number of hydrogen-bond acceptors (Lipinski definition) is 6. The number of morpholine rings is 1. The molecule has 1 saturated heterocycles. The quantitative estimate of drug-likeness (QED) is 0.853. The third-order valence-electron chi connectivity index (χ3n) is 4.64. The van der Waals surface area contributed by atoms with Gasteiger partial charge in [0.2, 0.25) is 5.75 Å². The van der Waals surface area contributed by atoms with Gasteiger partial charge in [-0.2, -0.15) is 0 Å². The Bertz CT molecular complexity index is 539. The number of methoxy groups -OCH3 is 1. The molecule has 2 heterocycles. The van der Waals surface area contributed by atoms with E-state index in [2.05, 4.69) is 24.1 Å². The van der Waals surface area contributed by atoms with Crippen LogP contribution >= 0.6 is 0 Å². The van der Waals surface area contributed by atoms with Crippen LogP contribution < -0.4 is 19.5 Å². The number of nitrogens with one attached hydrogen (secondary N) is 1. The smallest absolute Gasteiger partial charge is 0.203 e. The number of rotatable bonds is 6. The summed E-state index contributed by atoms with van der Waals surface area (Å²) < 4.78 is 22.2. The van der Waals surface area contributed by atoms with Crippen molar-refractivity contribution in [3.05, 3.63) is 17.7 Å². The average molecular weight is 336 g/mol. The first-order valence-electron chi connectivity index (χ1n) is 8.60. The van der Waals surface area contributed by atoms with Crippen molar-refractivity contribution in [3.8, 4) is 17.2 Å². The minimum Gasteiger partial charge on any atom is -0.493 e. The van der Waals surface area contributed by atoms with Crippen LogP contribution in [0.15, 0.2) is 12.1 Å². The molecule has 134 valence electrons. The first-order valence-corrected chi connectivity index (χ1v) is 8.60. The van der Waals surface area contributed by atoms with E-state index in [0.717, 1.165) is 56.5 Å². The van der Waals surface area contributed by atoms with E-state index in [1.165, 1.54) is 0 Å². The standard InChI is InChI=1S/C18H28N2O4/c1-18(2,20-4-6-22-7-5-20)13-19-12-14-10-15(21-3)17-16(11-14)23-8-9-24-17/h10-11,19H,4-9,12-13H2,1-3H3. The van der Waals surface area contributed by atoms with E-state index in [4.69, 9.17) is 18.9 Å². The van der Waals surface area contributed by atoms with Crippen molar-refractivity contribution in [2.24, 2.45) is 0 Å². The molecule has 1 fully saturated rings. The summed E-state index contributed by atoms with van der Waals surface area (Å²) in [4.78, 5) is 2.48. The lowest BCUT2D eigenvalue weighted by Gasteiger charge is -2.41. The van der Waals surface area contributed by atoms with Crippen molar-refractivity contribution < 1.29 is 18.9 Å². The lowest BCUT2D eigenvalue weighted by Crippen LogP contribution is -2.54. The van der Waals surface area contributed by atoms with Gasteiger partial charge in [0.1, 0.15) is 13.2 Å². The van der Waals surface area contributed by atoms with Crippen molar-refractivity contribution in [1.82, 2.24) is 10.2 Å². The Hall–Kier alpha value is -1.50. The molecular formula is C18H28N2O4. The minimum absolute atomic E-state index is 0.0989. The third-order valence-corrected chi connectivity index (χ3v) is 4.64. The van der Waals surface area contributed by atoms with Gasteiger partial charge in [-0.3, -0.25) is 4.90 Å². The number of hydrogen-bond donors (Lipinski definition) is 1. The van der Waals surface area contributed by atoms with Gasteiger partial charge in [0.05, 0.1) is 20.3 Å². The van der Waals surface area contributed by atoms with E-state index in [9.17, 15) is 0 Å². The van der Waals surface area contributed by atoms with Crippen molar-refractivity contribution in [3.63, 3.8) is 0 Å². The topological polar surface area (TPSA) is 52.2 Å². The molecule has 2 aliphatic heterocycles. The fourth-order valence-electron chi connectivity index (χ4n) is 3.22. The molecule has 0 bridgehead atoms. The minimum atomic E-state index is 0.0989. The van der Waals surface area contributed by atoms with Crippen molar-refractivity contribution >= 4 is 0 Å². The molecule has 0 aromatic heterocycles. The van der Waals surface area contributed by atoms with E-state index in [1.54, 1.807) is 7.11 Å². The maximum absolute atomic E-state index is 5.69. The Balaban J connectivity index is 1.60. The Morgan fingerprint density at radius 2 is 1.88 bits per heavy atom. The molecule has 0 amide bonds. The van der Waals surface area contributed by atoms with Gasteiger partial charge in [0.25, 0.3) is 0 Å². The van der Waals surface area contributed by atoms with Gasteiger partial charge >= 0.3 is 0 Å². The van der Waals surface area contributed by atoms with E-state index in [1.807, 2.05) is 12.1 Å². The Labute approximate surface area is 144 Å². The lowest BCUT2D eigenvalue weighted by molar-refractivity contribution is -0.00967. The van der Waals surface area contributed by atoms with Crippen LogP contribution in [0.1, 0.15) is 19.4 Å². The number of ether oxygens (including phenoxy) is 4. The highest BCUT2D eigenvalue weighted by Gasteiger charge is 2.27. The summed E-state index contributed by atoms with van der Waals surface area (Å²) in [5.74, 6) is 2.21. The maximum Gasteiger partial charge on any atom is 0.203 e. The van der Waals surface area contributed by atoms with Crippen LogP contribution in [0.25, 0.3) is 0 Å². The third kappa shape index (κ3) is 3.94. The first-order chi connectivity index (χ1) is 11.6. The zero-order valence-corrected chi connectivity index (χ0v) is 14.9. The second kappa shape index (κ2) is 7.59. The molecule has 0 unspecified atom stereocenters. The fourth-order valence-corrected chi connectivity index (χ4v) is 3.22. The highest BCUT2D eigenvalue weighted by molar-refractivity contribution is 5.54. The summed E-state index contributed by atoms with van der Waals surface area (Å²) in [7, 11) is 1.66. The van der Waals surface area contributed by atoms with Crippen molar-refractivity contribution in [2.45, 2.75) is 25.9 Å². The molecule has 2 aliphatic rings. The second-order valence-corrected chi connectivity index (χ2v) is 6.84. The second-order valence-electron chi connectivity index (χ2n) is 6.84. The predicted octanol–water partition coefficient (Wildman–Crippen LogP) is 1.67. The van der Waals surface area contributed by atoms with Gasteiger partial charge < -0.3 is 24.3 Å². The number of nitrogens with zero attached hydrogens (tertiary/aromatic N) is 1. The normalized spacial score (nSPS) is 18.5. The molecule has 1 aromatic carbocycles. The van der Waals surface area contributed by atoms with Gasteiger partial charge in [-0.1, -0.05) is 0 Å². The summed E-state index contributed by atoms with van der Waals surface area (Å²) in [5.41, 5.74) is 1.23. The summed E-state index contributed by atoms with van der Waals surface area (Å²) in [6.45, 7) is 11.0. The Kier molecular flexibility index (Phi) is 5.48. The van der Waals surface area contributed by atoms with Crippen LogP contribution in [0, 0.1) is 0 Å². The van der Waals surface area contributed by atoms with Crippen LogP contribution in [0.4, 0.5) is 0 Å². The Morgan fingerprint density at radius 3 is 2.62 bits per heavy atom. The molecule has 0 spiro atoms. The molecule has 0 saturated carbocycles.